The SMILES string of the molecule is CCn1c(N)c(-c2csc(C)n2)c(=O)n(CC(=O)Nc2ccc3c(c2)OC(F)(F)O3)c1=O. The van der Waals surface area contributed by atoms with Gasteiger partial charge in [-0.15, -0.1) is 20.1 Å². The number of amides is 1. The van der Waals surface area contributed by atoms with Crippen LogP contribution in [-0.4, -0.2) is 26.3 Å². The number of anilines is 2. The van der Waals surface area contributed by atoms with Gasteiger partial charge in [-0.3, -0.25) is 18.7 Å². The van der Waals surface area contributed by atoms with Crippen molar-refractivity contribution in [1.82, 2.24) is 14.1 Å². The second-order valence-corrected chi connectivity index (χ2v) is 7.87. The predicted molar refractivity (Wildman–Crippen MR) is 112 cm³/mol. The normalized spacial score (nSPS) is 13.9. The molecule has 1 aliphatic heterocycles. The van der Waals surface area contributed by atoms with Crippen LogP contribution in [0.15, 0.2) is 33.2 Å². The molecule has 0 saturated heterocycles. The van der Waals surface area contributed by atoms with Crippen LogP contribution in [0.2, 0.25) is 0 Å². The number of hydrogen-bond donors (Lipinski definition) is 2. The highest BCUT2D eigenvalue weighted by molar-refractivity contribution is 7.09. The fourth-order valence-corrected chi connectivity index (χ4v) is 3.85. The molecule has 10 nitrogen and oxygen atoms in total. The molecule has 0 saturated carbocycles. The smallest absolute Gasteiger partial charge is 0.395 e. The molecular formula is C19H17F2N5O5S. The number of fused-ring (bicyclic) bond motifs is 1. The molecule has 3 aromatic rings. The molecule has 0 fully saturated rings. The lowest BCUT2D eigenvalue weighted by atomic mass is 10.2. The molecule has 0 radical (unpaired) electrons. The topological polar surface area (TPSA) is 130 Å². The van der Waals surface area contributed by atoms with E-state index in [2.05, 4.69) is 19.8 Å². The first kappa shape index (κ1) is 21.5. The van der Waals surface area contributed by atoms with Crippen molar-refractivity contribution in [2.24, 2.45) is 0 Å². The summed E-state index contributed by atoms with van der Waals surface area (Å²) in [5.74, 6) is -1.22. The van der Waals surface area contributed by atoms with Crippen LogP contribution in [0, 0.1) is 6.92 Å². The Morgan fingerprint density at radius 2 is 1.97 bits per heavy atom. The van der Waals surface area contributed by atoms with Crippen LogP contribution in [0.4, 0.5) is 20.3 Å². The summed E-state index contributed by atoms with van der Waals surface area (Å²) in [6.45, 7) is 2.97. The van der Waals surface area contributed by atoms with Gasteiger partial charge in [0.05, 0.1) is 10.7 Å². The van der Waals surface area contributed by atoms with E-state index in [9.17, 15) is 23.2 Å². The van der Waals surface area contributed by atoms with Gasteiger partial charge in [0.15, 0.2) is 11.5 Å². The number of nitrogens with one attached hydrogen (secondary N) is 1. The number of aryl methyl sites for hydroxylation is 1. The fourth-order valence-electron chi connectivity index (χ4n) is 3.25. The highest BCUT2D eigenvalue weighted by Crippen LogP contribution is 2.42. The van der Waals surface area contributed by atoms with E-state index in [-0.39, 0.29) is 35.1 Å². The van der Waals surface area contributed by atoms with E-state index in [4.69, 9.17) is 5.73 Å². The molecule has 0 spiro atoms. The molecule has 3 N–H and O–H groups in total. The Morgan fingerprint density at radius 1 is 1.25 bits per heavy atom. The minimum absolute atomic E-state index is 0.0221. The lowest BCUT2D eigenvalue weighted by molar-refractivity contribution is -0.286. The Balaban J connectivity index is 1.65. The number of thiazole rings is 1. The minimum atomic E-state index is -3.79. The van der Waals surface area contributed by atoms with Crippen LogP contribution in [0.5, 0.6) is 11.5 Å². The summed E-state index contributed by atoms with van der Waals surface area (Å²) in [5.41, 5.74) is 4.99. The number of carbonyl (C=O) groups excluding carboxylic acids is 1. The predicted octanol–water partition coefficient (Wildman–Crippen LogP) is 2.00. The van der Waals surface area contributed by atoms with Gasteiger partial charge in [-0.25, -0.2) is 9.78 Å². The van der Waals surface area contributed by atoms with Crippen molar-refractivity contribution in [2.75, 3.05) is 11.1 Å². The molecule has 0 bridgehead atoms. The molecule has 3 heterocycles. The van der Waals surface area contributed by atoms with E-state index in [1.165, 1.54) is 28.0 Å². The average molecular weight is 465 g/mol. The number of benzene rings is 1. The van der Waals surface area contributed by atoms with Crippen LogP contribution in [-0.2, 0) is 17.9 Å². The molecule has 32 heavy (non-hydrogen) atoms. The zero-order chi connectivity index (χ0) is 23.2. The summed E-state index contributed by atoms with van der Waals surface area (Å²) in [6.07, 6.45) is -3.79. The summed E-state index contributed by atoms with van der Waals surface area (Å²) < 4.78 is 36.9. The molecule has 168 valence electrons. The van der Waals surface area contributed by atoms with Crippen molar-refractivity contribution < 1.29 is 23.0 Å². The van der Waals surface area contributed by atoms with Crippen molar-refractivity contribution in [1.29, 1.82) is 0 Å². The lowest BCUT2D eigenvalue weighted by Gasteiger charge is -2.15. The number of carbonyl (C=O) groups is 1. The van der Waals surface area contributed by atoms with Crippen molar-refractivity contribution in [3.63, 3.8) is 0 Å². The fraction of sp³-hybridized carbons (Fsp3) is 0.263. The lowest BCUT2D eigenvalue weighted by Crippen LogP contribution is -2.44. The van der Waals surface area contributed by atoms with Crippen molar-refractivity contribution >= 4 is 28.7 Å². The second kappa shape index (κ2) is 7.75. The first-order chi connectivity index (χ1) is 15.1. The van der Waals surface area contributed by atoms with Crippen molar-refractivity contribution in [3.8, 4) is 22.8 Å². The van der Waals surface area contributed by atoms with E-state index < -0.39 is 30.0 Å². The summed E-state index contributed by atoms with van der Waals surface area (Å²) >= 11 is 1.31. The summed E-state index contributed by atoms with van der Waals surface area (Å²) in [7, 11) is 0. The van der Waals surface area contributed by atoms with Gasteiger partial charge in [0.1, 0.15) is 17.9 Å². The number of ether oxygens (including phenoxy) is 2. The Hall–Kier alpha value is -3.74. The molecule has 2 aromatic heterocycles. The van der Waals surface area contributed by atoms with E-state index in [0.29, 0.717) is 10.7 Å². The van der Waals surface area contributed by atoms with Gasteiger partial charge in [-0.05, 0) is 26.0 Å². The maximum absolute atomic E-state index is 13.2. The van der Waals surface area contributed by atoms with E-state index in [1.807, 2.05) is 0 Å². The van der Waals surface area contributed by atoms with Crippen LogP contribution >= 0.6 is 11.3 Å². The molecule has 1 amide bonds. The number of alkyl halides is 2. The van der Waals surface area contributed by atoms with E-state index in [0.717, 1.165) is 10.6 Å². The number of rotatable bonds is 5. The van der Waals surface area contributed by atoms with Gasteiger partial charge >= 0.3 is 12.0 Å². The zero-order valence-electron chi connectivity index (χ0n) is 16.8. The Morgan fingerprint density at radius 3 is 2.62 bits per heavy atom. The highest BCUT2D eigenvalue weighted by Gasteiger charge is 2.43. The Bertz CT molecular complexity index is 1350. The third kappa shape index (κ3) is 3.82. The Labute approximate surface area is 182 Å². The molecule has 1 aliphatic rings. The number of aromatic nitrogens is 3. The van der Waals surface area contributed by atoms with E-state index >= 15 is 0 Å². The first-order valence-electron chi connectivity index (χ1n) is 9.35. The number of nitrogen functional groups attached to an aromatic ring is 1. The third-order valence-corrected chi connectivity index (χ3v) is 5.42. The van der Waals surface area contributed by atoms with Gasteiger partial charge < -0.3 is 20.5 Å². The molecule has 1 aromatic carbocycles. The number of halogens is 2. The van der Waals surface area contributed by atoms with E-state index in [1.54, 1.807) is 19.2 Å². The number of nitrogens with two attached hydrogens (primary N) is 1. The van der Waals surface area contributed by atoms with Crippen LogP contribution < -0.4 is 31.8 Å². The molecular weight excluding hydrogens is 448 g/mol. The molecule has 0 atom stereocenters. The molecule has 13 heteroatoms. The highest BCUT2D eigenvalue weighted by atomic mass is 32.1. The third-order valence-electron chi connectivity index (χ3n) is 4.65. The van der Waals surface area contributed by atoms with Crippen molar-refractivity contribution in [3.05, 3.63) is 49.4 Å². The summed E-state index contributed by atoms with van der Waals surface area (Å²) in [4.78, 5) is 42.6. The monoisotopic (exact) mass is 465 g/mol. The van der Waals surface area contributed by atoms with Crippen LogP contribution in [0.3, 0.4) is 0 Å². The molecule has 0 aliphatic carbocycles. The first-order valence-corrected chi connectivity index (χ1v) is 10.2. The largest absolute Gasteiger partial charge is 0.586 e. The maximum atomic E-state index is 13.2. The number of hydrogen-bond acceptors (Lipinski definition) is 8. The summed E-state index contributed by atoms with van der Waals surface area (Å²) in [6, 6.07) is 3.67. The molecule has 0 unspecified atom stereocenters. The average Bonchev–Trinajstić information content (AvgIpc) is 3.26. The van der Waals surface area contributed by atoms with Gasteiger partial charge in [0, 0.05) is 23.7 Å². The van der Waals surface area contributed by atoms with Gasteiger partial charge in [0.25, 0.3) is 5.56 Å². The van der Waals surface area contributed by atoms with Crippen LogP contribution in [0.25, 0.3) is 11.3 Å². The minimum Gasteiger partial charge on any atom is -0.395 e. The number of nitrogens with zero attached hydrogens (tertiary/aromatic N) is 3. The van der Waals surface area contributed by atoms with Gasteiger partial charge in [-0.2, -0.15) is 0 Å². The maximum Gasteiger partial charge on any atom is 0.586 e. The van der Waals surface area contributed by atoms with Crippen LogP contribution in [0.1, 0.15) is 11.9 Å². The van der Waals surface area contributed by atoms with Crippen molar-refractivity contribution in [2.45, 2.75) is 33.2 Å². The van der Waals surface area contributed by atoms with Gasteiger partial charge in [0.2, 0.25) is 5.91 Å². The second-order valence-electron chi connectivity index (χ2n) is 6.81. The molecule has 4 rings (SSSR count). The summed E-state index contributed by atoms with van der Waals surface area (Å²) in [5, 5.41) is 4.78. The van der Waals surface area contributed by atoms with Gasteiger partial charge in [-0.1, -0.05) is 0 Å². The Kier molecular flexibility index (Phi) is 5.20. The standard InChI is InChI=1S/C19H17F2N5O5S/c1-3-25-16(22)15(11-8-32-9(2)23-11)17(28)26(18(25)29)7-14(27)24-10-4-5-12-13(6-10)31-19(20,21)30-12/h4-6,8H,3,7,22H2,1-2H3,(H,24,27). The zero-order valence-corrected chi connectivity index (χ0v) is 17.7. The quantitative estimate of drug-likeness (QED) is 0.589.